The second kappa shape index (κ2) is 5.62. The molecule has 3 aromatic heterocycles. The van der Waals surface area contributed by atoms with Crippen LogP contribution < -0.4 is 5.32 Å². The summed E-state index contributed by atoms with van der Waals surface area (Å²) in [6.07, 6.45) is 4.95. The van der Waals surface area contributed by atoms with Gasteiger partial charge in [-0.3, -0.25) is 9.48 Å². The first kappa shape index (κ1) is 14.1. The van der Waals surface area contributed by atoms with Gasteiger partial charge in [0.2, 0.25) is 0 Å². The van der Waals surface area contributed by atoms with E-state index in [-0.39, 0.29) is 5.91 Å². The molecule has 0 saturated carbocycles. The SMILES string of the molecule is Cn1cc(NC(=O)c2cc(-c3ccccc3)nc3ccnn23)cn1. The van der Waals surface area contributed by atoms with Crippen molar-refractivity contribution in [2.75, 3.05) is 5.32 Å². The van der Waals surface area contributed by atoms with Gasteiger partial charge in [0.1, 0.15) is 5.69 Å². The minimum Gasteiger partial charge on any atom is -0.318 e. The van der Waals surface area contributed by atoms with E-state index in [0.717, 1.165) is 11.3 Å². The van der Waals surface area contributed by atoms with Gasteiger partial charge in [0.05, 0.1) is 23.8 Å². The number of anilines is 1. The van der Waals surface area contributed by atoms with Gasteiger partial charge < -0.3 is 5.32 Å². The first-order valence-corrected chi connectivity index (χ1v) is 7.41. The third-order valence-corrected chi connectivity index (χ3v) is 3.62. The van der Waals surface area contributed by atoms with Gasteiger partial charge in [-0.1, -0.05) is 30.3 Å². The molecule has 1 N–H and O–H groups in total. The maximum absolute atomic E-state index is 12.7. The summed E-state index contributed by atoms with van der Waals surface area (Å²) in [5, 5.41) is 11.1. The average Bonchev–Trinajstić information content (AvgIpc) is 3.23. The van der Waals surface area contributed by atoms with E-state index in [1.807, 2.05) is 30.3 Å². The molecule has 0 aliphatic rings. The summed E-state index contributed by atoms with van der Waals surface area (Å²) in [6.45, 7) is 0. The van der Waals surface area contributed by atoms with Gasteiger partial charge in [0, 0.05) is 24.9 Å². The van der Waals surface area contributed by atoms with Crippen LogP contribution in [0.3, 0.4) is 0 Å². The van der Waals surface area contributed by atoms with E-state index in [1.165, 1.54) is 4.52 Å². The number of aromatic nitrogens is 5. The van der Waals surface area contributed by atoms with E-state index in [2.05, 4.69) is 20.5 Å². The van der Waals surface area contributed by atoms with Crippen molar-refractivity contribution < 1.29 is 4.79 Å². The van der Waals surface area contributed by atoms with Crippen LogP contribution in [0.5, 0.6) is 0 Å². The van der Waals surface area contributed by atoms with Crippen LogP contribution in [0.15, 0.2) is 61.1 Å². The van der Waals surface area contributed by atoms with Crippen molar-refractivity contribution in [1.82, 2.24) is 24.4 Å². The number of carbonyl (C=O) groups excluding carboxylic acids is 1. The quantitative estimate of drug-likeness (QED) is 0.629. The minimum absolute atomic E-state index is 0.267. The Morgan fingerprint density at radius 2 is 1.96 bits per heavy atom. The first-order chi connectivity index (χ1) is 11.7. The maximum atomic E-state index is 12.7. The normalized spacial score (nSPS) is 10.9. The Balaban J connectivity index is 1.78. The molecule has 0 aliphatic carbocycles. The molecule has 1 amide bonds. The Kier molecular flexibility index (Phi) is 3.31. The van der Waals surface area contributed by atoms with Gasteiger partial charge >= 0.3 is 0 Å². The number of aryl methyl sites for hydroxylation is 1. The van der Waals surface area contributed by atoms with E-state index < -0.39 is 0 Å². The number of carbonyl (C=O) groups is 1. The number of hydrogen-bond acceptors (Lipinski definition) is 4. The number of amides is 1. The standard InChI is InChI=1S/C17H14N6O/c1-22-11-13(10-19-22)20-17(24)15-9-14(12-5-3-2-4-6-12)21-16-7-8-18-23(15)16/h2-11H,1H3,(H,20,24). The fourth-order valence-electron chi connectivity index (χ4n) is 2.51. The third kappa shape index (κ3) is 2.52. The van der Waals surface area contributed by atoms with Gasteiger partial charge in [0.25, 0.3) is 5.91 Å². The van der Waals surface area contributed by atoms with Crippen molar-refractivity contribution in [3.63, 3.8) is 0 Å². The smallest absolute Gasteiger partial charge is 0.274 e. The highest BCUT2D eigenvalue weighted by Crippen LogP contribution is 2.20. The monoisotopic (exact) mass is 318 g/mol. The van der Waals surface area contributed by atoms with Crippen molar-refractivity contribution in [2.24, 2.45) is 7.05 Å². The Morgan fingerprint density at radius 3 is 2.71 bits per heavy atom. The van der Waals surface area contributed by atoms with E-state index >= 15 is 0 Å². The zero-order valence-corrected chi connectivity index (χ0v) is 12.9. The fourth-order valence-corrected chi connectivity index (χ4v) is 2.51. The number of rotatable bonds is 3. The lowest BCUT2D eigenvalue weighted by molar-refractivity contribution is 0.102. The summed E-state index contributed by atoms with van der Waals surface area (Å²) in [7, 11) is 1.79. The molecule has 7 heteroatoms. The highest BCUT2D eigenvalue weighted by molar-refractivity contribution is 6.03. The van der Waals surface area contributed by atoms with E-state index in [9.17, 15) is 4.79 Å². The van der Waals surface area contributed by atoms with Gasteiger partial charge in [0.15, 0.2) is 5.65 Å². The second-order valence-corrected chi connectivity index (χ2v) is 5.35. The summed E-state index contributed by atoms with van der Waals surface area (Å²) in [5.74, 6) is -0.267. The summed E-state index contributed by atoms with van der Waals surface area (Å²) < 4.78 is 3.15. The number of nitrogens with zero attached hydrogens (tertiary/aromatic N) is 5. The molecule has 0 fully saturated rings. The molecule has 0 spiro atoms. The van der Waals surface area contributed by atoms with Crippen molar-refractivity contribution >= 4 is 17.2 Å². The molecule has 24 heavy (non-hydrogen) atoms. The Bertz CT molecular complexity index is 1020. The van der Waals surface area contributed by atoms with Crippen molar-refractivity contribution in [3.05, 3.63) is 66.7 Å². The first-order valence-electron chi connectivity index (χ1n) is 7.41. The van der Waals surface area contributed by atoms with Gasteiger partial charge in [-0.05, 0) is 6.07 Å². The molecular weight excluding hydrogens is 304 g/mol. The molecule has 0 unspecified atom stereocenters. The molecule has 3 heterocycles. The van der Waals surface area contributed by atoms with E-state index in [0.29, 0.717) is 17.0 Å². The highest BCUT2D eigenvalue weighted by Gasteiger charge is 2.15. The molecule has 0 aliphatic heterocycles. The lowest BCUT2D eigenvalue weighted by atomic mass is 10.1. The Labute approximate surface area is 137 Å². The van der Waals surface area contributed by atoms with E-state index in [1.54, 1.807) is 42.5 Å². The lowest BCUT2D eigenvalue weighted by Crippen LogP contribution is -2.17. The molecule has 0 bridgehead atoms. The zero-order chi connectivity index (χ0) is 16.5. The van der Waals surface area contributed by atoms with Crippen LogP contribution >= 0.6 is 0 Å². The summed E-state index contributed by atoms with van der Waals surface area (Å²) in [4.78, 5) is 17.2. The van der Waals surface area contributed by atoms with Crippen LogP contribution in [-0.4, -0.2) is 30.3 Å². The summed E-state index contributed by atoms with van der Waals surface area (Å²) >= 11 is 0. The van der Waals surface area contributed by atoms with Crippen LogP contribution in [0, 0.1) is 0 Å². The predicted octanol–water partition coefficient (Wildman–Crippen LogP) is 2.38. The largest absolute Gasteiger partial charge is 0.318 e. The van der Waals surface area contributed by atoms with Crippen LogP contribution in [0.4, 0.5) is 5.69 Å². The van der Waals surface area contributed by atoms with Gasteiger partial charge in [-0.25, -0.2) is 9.50 Å². The second-order valence-electron chi connectivity index (χ2n) is 5.35. The molecule has 7 nitrogen and oxygen atoms in total. The zero-order valence-electron chi connectivity index (χ0n) is 12.9. The highest BCUT2D eigenvalue weighted by atomic mass is 16.2. The van der Waals surface area contributed by atoms with Gasteiger partial charge in [-0.2, -0.15) is 10.2 Å². The Hall–Kier alpha value is -3.48. The number of fused-ring (bicyclic) bond motifs is 1. The number of nitrogens with one attached hydrogen (secondary N) is 1. The Morgan fingerprint density at radius 1 is 1.12 bits per heavy atom. The van der Waals surface area contributed by atoms with Crippen LogP contribution in [0.2, 0.25) is 0 Å². The van der Waals surface area contributed by atoms with Gasteiger partial charge in [-0.15, -0.1) is 0 Å². The fraction of sp³-hybridized carbons (Fsp3) is 0.0588. The molecule has 0 radical (unpaired) electrons. The van der Waals surface area contributed by atoms with Crippen LogP contribution in [0.25, 0.3) is 16.9 Å². The lowest BCUT2D eigenvalue weighted by Gasteiger charge is -2.08. The molecular formula is C17H14N6O. The van der Waals surface area contributed by atoms with Crippen molar-refractivity contribution in [3.8, 4) is 11.3 Å². The maximum Gasteiger partial charge on any atom is 0.274 e. The van der Waals surface area contributed by atoms with Crippen LogP contribution in [0.1, 0.15) is 10.5 Å². The van der Waals surface area contributed by atoms with Crippen molar-refractivity contribution in [2.45, 2.75) is 0 Å². The van der Waals surface area contributed by atoms with Crippen molar-refractivity contribution in [1.29, 1.82) is 0 Å². The molecule has 4 aromatic rings. The minimum atomic E-state index is -0.267. The molecule has 4 rings (SSSR count). The number of benzene rings is 1. The van der Waals surface area contributed by atoms with Crippen LogP contribution in [-0.2, 0) is 7.05 Å². The topological polar surface area (TPSA) is 77.1 Å². The van der Waals surface area contributed by atoms with E-state index in [4.69, 9.17) is 0 Å². The third-order valence-electron chi connectivity index (χ3n) is 3.62. The molecule has 1 aromatic carbocycles. The summed E-state index contributed by atoms with van der Waals surface area (Å²) in [6, 6.07) is 13.2. The average molecular weight is 318 g/mol. The number of hydrogen-bond donors (Lipinski definition) is 1. The predicted molar refractivity (Wildman–Crippen MR) is 89.6 cm³/mol. The summed E-state index contributed by atoms with van der Waals surface area (Å²) in [5.41, 5.74) is 3.32. The molecule has 118 valence electrons. The molecule has 0 saturated heterocycles. The molecule has 0 atom stereocenters.